The summed E-state index contributed by atoms with van der Waals surface area (Å²) in [6.45, 7) is 2.14. The number of nitrogens with one attached hydrogen (secondary N) is 3. The van der Waals surface area contributed by atoms with Crippen molar-refractivity contribution in [3.8, 4) is 22.6 Å². The van der Waals surface area contributed by atoms with Crippen LogP contribution in [0.15, 0.2) is 60.8 Å². The van der Waals surface area contributed by atoms with Crippen molar-refractivity contribution in [2.24, 2.45) is 0 Å². The first-order chi connectivity index (χ1) is 15.3. The number of pyridine rings is 1. The van der Waals surface area contributed by atoms with E-state index >= 15 is 0 Å². The van der Waals surface area contributed by atoms with Crippen LogP contribution < -0.4 is 5.32 Å². The normalized spacial score (nSPS) is 15.1. The Hall–Kier alpha value is -3.51. The molecule has 31 heavy (non-hydrogen) atoms. The topological polar surface area (TPSA) is 69.4 Å². The van der Waals surface area contributed by atoms with Gasteiger partial charge < -0.3 is 10.3 Å². The summed E-state index contributed by atoms with van der Waals surface area (Å²) in [4.78, 5) is 8.02. The van der Waals surface area contributed by atoms with Gasteiger partial charge in [0.15, 0.2) is 0 Å². The minimum absolute atomic E-state index is 0.268. The number of benzene rings is 2. The summed E-state index contributed by atoms with van der Waals surface area (Å²) < 4.78 is 13.8. The Kier molecular flexibility index (Phi) is 4.32. The number of H-pyrrole nitrogens is 2. The van der Waals surface area contributed by atoms with Crippen molar-refractivity contribution in [2.75, 3.05) is 13.1 Å². The van der Waals surface area contributed by atoms with E-state index in [0.29, 0.717) is 5.92 Å². The molecule has 6 rings (SSSR count). The van der Waals surface area contributed by atoms with Gasteiger partial charge in [0, 0.05) is 28.0 Å². The summed E-state index contributed by atoms with van der Waals surface area (Å²) in [6.07, 6.45) is 4.07. The quantitative estimate of drug-likeness (QED) is 0.373. The van der Waals surface area contributed by atoms with Gasteiger partial charge in [0.05, 0.1) is 16.9 Å². The predicted molar refractivity (Wildman–Crippen MR) is 121 cm³/mol. The number of rotatable bonds is 3. The van der Waals surface area contributed by atoms with Crippen molar-refractivity contribution in [1.82, 2.24) is 25.5 Å². The highest BCUT2D eigenvalue weighted by molar-refractivity contribution is 6.00. The highest BCUT2D eigenvalue weighted by Gasteiger charge is 2.18. The number of fused-ring (bicyclic) bond motifs is 2. The van der Waals surface area contributed by atoms with Crippen LogP contribution in [0.2, 0.25) is 0 Å². The van der Waals surface area contributed by atoms with Crippen LogP contribution in [0, 0.1) is 5.82 Å². The molecule has 5 aromatic rings. The molecular formula is C25H22FN5. The Morgan fingerprint density at radius 3 is 2.61 bits per heavy atom. The zero-order chi connectivity index (χ0) is 20.8. The van der Waals surface area contributed by atoms with Crippen LogP contribution in [0.25, 0.3) is 44.5 Å². The molecule has 3 aromatic heterocycles. The first kappa shape index (κ1) is 18.3. The summed E-state index contributed by atoms with van der Waals surface area (Å²) in [7, 11) is 0. The third-order valence-corrected chi connectivity index (χ3v) is 6.30. The van der Waals surface area contributed by atoms with E-state index in [1.807, 2.05) is 12.1 Å². The van der Waals surface area contributed by atoms with Gasteiger partial charge in [-0.15, -0.1) is 0 Å². The van der Waals surface area contributed by atoms with Crippen molar-refractivity contribution in [1.29, 1.82) is 0 Å². The van der Waals surface area contributed by atoms with Crippen molar-refractivity contribution in [2.45, 2.75) is 18.8 Å². The SMILES string of the molecule is Fc1cccc(-c2nccc3[nH]c(-c4n[nH]c5ccc(C6CCNCC6)cc45)cc23)c1. The highest BCUT2D eigenvalue weighted by atomic mass is 19.1. The lowest BCUT2D eigenvalue weighted by atomic mass is 9.89. The van der Waals surface area contributed by atoms with Gasteiger partial charge in [0.1, 0.15) is 11.5 Å². The molecule has 2 aromatic carbocycles. The Balaban J connectivity index is 1.47. The molecule has 5 nitrogen and oxygen atoms in total. The number of hydrogen-bond acceptors (Lipinski definition) is 3. The number of piperidine rings is 1. The monoisotopic (exact) mass is 411 g/mol. The maximum atomic E-state index is 13.8. The zero-order valence-corrected chi connectivity index (χ0v) is 17.0. The van der Waals surface area contributed by atoms with E-state index in [4.69, 9.17) is 0 Å². The summed E-state index contributed by atoms with van der Waals surface area (Å²) in [5.74, 6) is 0.315. The van der Waals surface area contributed by atoms with Crippen LogP contribution in [-0.2, 0) is 0 Å². The lowest BCUT2D eigenvalue weighted by Gasteiger charge is -2.23. The molecule has 0 saturated carbocycles. The molecule has 0 aliphatic carbocycles. The van der Waals surface area contributed by atoms with Crippen molar-refractivity contribution in [3.63, 3.8) is 0 Å². The molecule has 0 unspecified atom stereocenters. The first-order valence-electron chi connectivity index (χ1n) is 10.7. The van der Waals surface area contributed by atoms with Gasteiger partial charge >= 0.3 is 0 Å². The molecule has 1 aliphatic heterocycles. The smallest absolute Gasteiger partial charge is 0.123 e. The predicted octanol–water partition coefficient (Wildman–Crippen LogP) is 5.38. The van der Waals surface area contributed by atoms with E-state index < -0.39 is 0 Å². The summed E-state index contributed by atoms with van der Waals surface area (Å²) in [6, 6.07) is 17.2. The third-order valence-electron chi connectivity index (χ3n) is 6.30. The van der Waals surface area contributed by atoms with Crippen LogP contribution in [0.1, 0.15) is 24.3 Å². The van der Waals surface area contributed by atoms with Gasteiger partial charge in [-0.05, 0) is 73.8 Å². The van der Waals surface area contributed by atoms with Crippen molar-refractivity contribution >= 4 is 21.8 Å². The van der Waals surface area contributed by atoms with E-state index in [1.54, 1.807) is 12.3 Å². The molecule has 4 heterocycles. The largest absolute Gasteiger partial charge is 0.353 e. The van der Waals surface area contributed by atoms with Crippen LogP contribution in [-0.4, -0.2) is 33.3 Å². The van der Waals surface area contributed by atoms with Gasteiger partial charge in [0.2, 0.25) is 0 Å². The zero-order valence-electron chi connectivity index (χ0n) is 17.0. The molecule has 1 aliphatic rings. The first-order valence-corrected chi connectivity index (χ1v) is 10.7. The number of aromatic amines is 2. The third kappa shape index (κ3) is 3.20. The number of hydrogen-bond donors (Lipinski definition) is 3. The van der Waals surface area contributed by atoms with Gasteiger partial charge in [-0.3, -0.25) is 10.1 Å². The molecule has 6 heteroatoms. The van der Waals surface area contributed by atoms with Gasteiger partial charge in [-0.25, -0.2) is 4.39 Å². The van der Waals surface area contributed by atoms with Crippen LogP contribution in [0.4, 0.5) is 4.39 Å². The number of nitrogens with zero attached hydrogens (tertiary/aromatic N) is 2. The lowest BCUT2D eigenvalue weighted by Crippen LogP contribution is -2.26. The second kappa shape index (κ2) is 7.32. The lowest BCUT2D eigenvalue weighted by molar-refractivity contribution is 0.460. The van der Waals surface area contributed by atoms with E-state index in [1.165, 1.54) is 17.7 Å². The average Bonchev–Trinajstić information content (AvgIpc) is 3.43. The molecule has 0 amide bonds. The summed E-state index contributed by atoms with van der Waals surface area (Å²) >= 11 is 0. The fourth-order valence-electron chi connectivity index (χ4n) is 4.69. The van der Waals surface area contributed by atoms with Gasteiger partial charge in [-0.1, -0.05) is 18.2 Å². The molecule has 1 fully saturated rings. The average molecular weight is 411 g/mol. The second-order valence-corrected chi connectivity index (χ2v) is 8.22. The Bertz CT molecular complexity index is 1390. The highest BCUT2D eigenvalue weighted by Crippen LogP contribution is 2.35. The molecular weight excluding hydrogens is 389 g/mol. The maximum absolute atomic E-state index is 13.8. The molecule has 0 atom stereocenters. The minimum Gasteiger partial charge on any atom is -0.353 e. The fraction of sp³-hybridized carbons (Fsp3) is 0.200. The fourth-order valence-corrected chi connectivity index (χ4v) is 4.69. The standard InChI is InChI=1S/C25H22FN5/c26-18-3-1-2-17(12-18)24-20-14-23(29-21(20)8-11-28-24)25-19-13-16(4-5-22(19)30-31-25)15-6-9-27-10-7-15/h1-5,8,11-15,27,29H,6-7,9-10H2,(H,30,31). The maximum Gasteiger partial charge on any atom is 0.123 e. The molecule has 0 spiro atoms. The molecule has 0 bridgehead atoms. The van der Waals surface area contributed by atoms with Crippen molar-refractivity contribution in [3.05, 3.63) is 72.2 Å². The van der Waals surface area contributed by atoms with E-state index in [2.05, 4.69) is 49.7 Å². The Labute approximate surface area is 178 Å². The molecule has 154 valence electrons. The molecule has 1 saturated heterocycles. The molecule has 0 radical (unpaired) electrons. The van der Waals surface area contributed by atoms with E-state index in [9.17, 15) is 4.39 Å². The number of halogens is 1. The van der Waals surface area contributed by atoms with E-state index in [-0.39, 0.29) is 5.82 Å². The van der Waals surface area contributed by atoms with Crippen molar-refractivity contribution < 1.29 is 4.39 Å². The summed E-state index contributed by atoms with van der Waals surface area (Å²) in [5, 5.41) is 13.3. The van der Waals surface area contributed by atoms with Gasteiger partial charge in [-0.2, -0.15) is 5.10 Å². The number of aromatic nitrogens is 4. The minimum atomic E-state index is -0.268. The van der Waals surface area contributed by atoms with E-state index in [0.717, 1.165) is 70.4 Å². The second-order valence-electron chi connectivity index (χ2n) is 8.22. The van der Waals surface area contributed by atoms with Crippen LogP contribution in [0.3, 0.4) is 0 Å². The van der Waals surface area contributed by atoms with Crippen LogP contribution >= 0.6 is 0 Å². The van der Waals surface area contributed by atoms with Gasteiger partial charge in [0.25, 0.3) is 0 Å². The van der Waals surface area contributed by atoms with Crippen LogP contribution in [0.5, 0.6) is 0 Å². The Morgan fingerprint density at radius 2 is 1.74 bits per heavy atom. The Morgan fingerprint density at radius 1 is 0.871 bits per heavy atom. The molecule has 3 N–H and O–H groups in total. The summed E-state index contributed by atoms with van der Waals surface area (Å²) in [5.41, 5.74) is 6.69.